The molecule has 2 aromatic carbocycles. The fourth-order valence-electron chi connectivity index (χ4n) is 2.24. The second kappa shape index (κ2) is 6.18. The molecule has 0 unspecified atom stereocenters. The van der Waals surface area contributed by atoms with Crippen LogP contribution in [0.2, 0.25) is 0 Å². The van der Waals surface area contributed by atoms with E-state index in [1.807, 2.05) is 43.3 Å². The number of nitrogens with zero attached hydrogens (tertiary/aromatic N) is 2. The molecule has 0 N–H and O–H groups in total. The van der Waals surface area contributed by atoms with Gasteiger partial charge in [-0.05, 0) is 35.4 Å². The lowest BCUT2D eigenvalue weighted by Crippen LogP contribution is -1.99. The smallest absolute Gasteiger partial charge is 0.142 e. The van der Waals surface area contributed by atoms with Crippen LogP contribution in [0.1, 0.15) is 18.2 Å². The summed E-state index contributed by atoms with van der Waals surface area (Å²) in [7, 11) is 0. The molecule has 0 amide bonds. The Morgan fingerprint density at radius 3 is 2.67 bits per heavy atom. The van der Waals surface area contributed by atoms with Crippen molar-refractivity contribution >= 4 is 16.5 Å². The van der Waals surface area contributed by atoms with Crippen molar-refractivity contribution in [3.05, 3.63) is 78.1 Å². The summed E-state index contributed by atoms with van der Waals surface area (Å²) in [5.74, 6) is 0. The van der Waals surface area contributed by atoms with E-state index < -0.39 is 0 Å². The number of hydrogen-bond acceptors (Lipinski definition) is 3. The van der Waals surface area contributed by atoms with Crippen molar-refractivity contribution in [3.63, 3.8) is 0 Å². The second-order valence-electron chi connectivity index (χ2n) is 4.80. The highest BCUT2D eigenvalue weighted by atomic mass is 16.6. The number of oxime groups is 1. The van der Waals surface area contributed by atoms with Crippen molar-refractivity contribution in [1.82, 2.24) is 4.98 Å². The van der Waals surface area contributed by atoms with Crippen LogP contribution in [0.15, 0.2) is 72.0 Å². The van der Waals surface area contributed by atoms with Gasteiger partial charge in [0, 0.05) is 6.20 Å². The monoisotopic (exact) mass is 276 g/mol. The zero-order valence-corrected chi connectivity index (χ0v) is 11.9. The number of hydrogen-bond donors (Lipinski definition) is 0. The highest BCUT2D eigenvalue weighted by molar-refractivity contribution is 5.96. The van der Waals surface area contributed by atoms with Gasteiger partial charge in [-0.15, -0.1) is 0 Å². The van der Waals surface area contributed by atoms with Gasteiger partial charge < -0.3 is 4.84 Å². The summed E-state index contributed by atoms with van der Waals surface area (Å²) in [4.78, 5) is 9.74. The number of pyridine rings is 1. The van der Waals surface area contributed by atoms with Crippen LogP contribution in [-0.2, 0) is 11.4 Å². The Hall–Kier alpha value is -2.68. The molecule has 0 saturated heterocycles. The molecule has 0 radical (unpaired) electrons. The molecule has 0 saturated carbocycles. The summed E-state index contributed by atoms with van der Waals surface area (Å²) in [5.41, 5.74) is 2.73. The van der Waals surface area contributed by atoms with E-state index in [2.05, 4.69) is 34.4 Å². The molecule has 3 rings (SSSR count). The number of rotatable bonds is 4. The minimum absolute atomic E-state index is 0.450. The molecular weight excluding hydrogens is 260 g/mol. The maximum absolute atomic E-state index is 5.49. The number of aromatic nitrogens is 1. The average Bonchev–Trinajstić information content (AvgIpc) is 2.56. The van der Waals surface area contributed by atoms with Crippen molar-refractivity contribution < 1.29 is 4.84 Å². The average molecular weight is 276 g/mol. The minimum Gasteiger partial charge on any atom is -0.391 e. The highest BCUT2D eigenvalue weighted by Gasteiger charge is 2.01. The fourth-order valence-corrected chi connectivity index (χ4v) is 2.24. The highest BCUT2D eigenvalue weighted by Crippen LogP contribution is 2.19. The van der Waals surface area contributed by atoms with E-state index in [9.17, 15) is 0 Å². The Kier molecular flexibility index (Phi) is 3.92. The van der Waals surface area contributed by atoms with Crippen LogP contribution in [0, 0.1) is 0 Å². The summed E-state index contributed by atoms with van der Waals surface area (Å²) in [6, 6.07) is 20.2. The number of benzene rings is 2. The standard InChI is InChI=1S/C18H16N2O/c1-14(18-11-4-5-12-19-18)20-21-13-16-9-6-8-15-7-2-3-10-17(15)16/h2-12H,13H2,1H3. The first-order valence-corrected chi connectivity index (χ1v) is 6.89. The molecule has 1 aromatic heterocycles. The Bertz CT molecular complexity index is 761. The third kappa shape index (κ3) is 3.08. The zero-order valence-electron chi connectivity index (χ0n) is 11.9. The van der Waals surface area contributed by atoms with Crippen molar-refractivity contribution in [2.75, 3.05) is 0 Å². The van der Waals surface area contributed by atoms with Crippen molar-refractivity contribution in [2.45, 2.75) is 13.5 Å². The van der Waals surface area contributed by atoms with Gasteiger partial charge in [0.15, 0.2) is 0 Å². The molecular formula is C18H16N2O. The van der Waals surface area contributed by atoms with Crippen LogP contribution in [0.4, 0.5) is 0 Å². The van der Waals surface area contributed by atoms with Crippen LogP contribution in [0.5, 0.6) is 0 Å². The summed E-state index contributed by atoms with van der Waals surface area (Å²) < 4.78 is 0. The van der Waals surface area contributed by atoms with Gasteiger partial charge in [0.2, 0.25) is 0 Å². The molecule has 3 aromatic rings. The molecule has 0 aliphatic rings. The predicted molar refractivity (Wildman–Crippen MR) is 85.2 cm³/mol. The van der Waals surface area contributed by atoms with Gasteiger partial charge in [0.25, 0.3) is 0 Å². The van der Waals surface area contributed by atoms with Crippen LogP contribution in [0.3, 0.4) is 0 Å². The number of fused-ring (bicyclic) bond motifs is 1. The molecule has 104 valence electrons. The first-order valence-electron chi connectivity index (χ1n) is 6.89. The quantitative estimate of drug-likeness (QED) is 0.529. The van der Waals surface area contributed by atoms with E-state index >= 15 is 0 Å². The van der Waals surface area contributed by atoms with E-state index in [-0.39, 0.29) is 0 Å². The van der Waals surface area contributed by atoms with Gasteiger partial charge in [-0.25, -0.2) is 0 Å². The van der Waals surface area contributed by atoms with Crippen LogP contribution in [-0.4, -0.2) is 10.7 Å². The lowest BCUT2D eigenvalue weighted by atomic mass is 10.1. The third-order valence-corrected chi connectivity index (χ3v) is 3.34. The molecule has 0 spiro atoms. The largest absolute Gasteiger partial charge is 0.391 e. The fraction of sp³-hybridized carbons (Fsp3) is 0.111. The second-order valence-corrected chi connectivity index (χ2v) is 4.80. The minimum atomic E-state index is 0.450. The van der Waals surface area contributed by atoms with Crippen molar-refractivity contribution in [3.8, 4) is 0 Å². The van der Waals surface area contributed by atoms with E-state index in [1.54, 1.807) is 6.20 Å². The zero-order chi connectivity index (χ0) is 14.5. The van der Waals surface area contributed by atoms with Crippen LogP contribution in [0.25, 0.3) is 10.8 Å². The molecule has 0 aliphatic carbocycles. The SMILES string of the molecule is CC(=NOCc1cccc2ccccc12)c1ccccn1. The summed E-state index contributed by atoms with van der Waals surface area (Å²) in [5, 5.41) is 6.56. The topological polar surface area (TPSA) is 34.5 Å². The first kappa shape index (κ1) is 13.3. The summed E-state index contributed by atoms with van der Waals surface area (Å²) >= 11 is 0. The van der Waals surface area contributed by atoms with Gasteiger partial charge in [-0.1, -0.05) is 53.7 Å². The molecule has 0 fully saturated rings. The van der Waals surface area contributed by atoms with Crippen molar-refractivity contribution in [1.29, 1.82) is 0 Å². The van der Waals surface area contributed by atoms with Gasteiger partial charge in [0.05, 0.1) is 5.69 Å². The molecule has 0 bridgehead atoms. The van der Waals surface area contributed by atoms with E-state index in [4.69, 9.17) is 4.84 Å². The molecule has 3 nitrogen and oxygen atoms in total. The van der Waals surface area contributed by atoms with Gasteiger partial charge in [0.1, 0.15) is 12.3 Å². The molecule has 0 atom stereocenters. The third-order valence-electron chi connectivity index (χ3n) is 3.34. The molecule has 0 aliphatic heterocycles. The van der Waals surface area contributed by atoms with E-state index in [0.29, 0.717) is 6.61 Å². The maximum Gasteiger partial charge on any atom is 0.142 e. The predicted octanol–water partition coefficient (Wildman–Crippen LogP) is 4.18. The van der Waals surface area contributed by atoms with Crippen LogP contribution >= 0.6 is 0 Å². The van der Waals surface area contributed by atoms with Gasteiger partial charge >= 0.3 is 0 Å². The lowest BCUT2D eigenvalue weighted by molar-refractivity contribution is 0.131. The van der Waals surface area contributed by atoms with Gasteiger partial charge in [-0.2, -0.15) is 0 Å². The Morgan fingerprint density at radius 1 is 1.00 bits per heavy atom. The van der Waals surface area contributed by atoms with E-state index in [1.165, 1.54) is 10.8 Å². The Labute approximate surface area is 123 Å². The lowest BCUT2D eigenvalue weighted by Gasteiger charge is -2.06. The summed E-state index contributed by atoms with van der Waals surface area (Å²) in [6.45, 7) is 2.34. The molecule has 21 heavy (non-hydrogen) atoms. The van der Waals surface area contributed by atoms with Crippen molar-refractivity contribution in [2.24, 2.45) is 5.16 Å². The van der Waals surface area contributed by atoms with Crippen LogP contribution < -0.4 is 0 Å². The summed E-state index contributed by atoms with van der Waals surface area (Å²) in [6.07, 6.45) is 1.75. The normalized spacial score (nSPS) is 11.6. The Morgan fingerprint density at radius 2 is 1.81 bits per heavy atom. The maximum atomic E-state index is 5.49. The first-order chi connectivity index (χ1) is 10.3. The van der Waals surface area contributed by atoms with Gasteiger partial charge in [-0.3, -0.25) is 4.98 Å². The Balaban J connectivity index is 1.75. The molecule has 1 heterocycles. The van der Waals surface area contributed by atoms with E-state index in [0.717, 1.165) is 17.0 Å². The molecule has 3 heteroatoms.